The van der Waals surface area contributed by atoms with E-state index < -0.39 is 5.54 Å². The number of piperidine rings is 1. The van der Waals surface area contributed by atoms with Crippen LogP contribution in [-0.4, -0.2) is 35.2 Å². The van der Waals surface area contributed by atoms with E-state index in [0.717, 1.165) is 0 Å². The van der Waals surface area contributed by atoms with Crippen molar-refractivity contribution in [3.8, 4) is 5.75 Å². The Kier molecular flexibility index (Phi) is 4.76. The summed E-state index contributed by atoms with van der Waals surface area (Å²) >= 11 is 0. The van der Waals surface area contributed by atoms with E-state index in [1.807, 2.05) is 0 Å². The monoisotopic (exact) mass is 347 g/mol. The molecule has 0 radical (unpaired) electrons. The predicted octanol–water partition coefficient (Wildman–Crippen LogP) is 2.69. The van der Waals surface area contributed by atoms with Crippen molar-refractivity contribution < 1.29 is 18.4 Å². The second kappa shape index (κ2) is 6.84. The molecule has 7 heteroatoms. The fraction of sp³-hybridized carbons (Fsp3) is 0.444. The number of ether oxygens (including phenoxy) is 1. The first-order valence-corrected chi connectivity index (χ1v) is 8.30. The van der Waals surface area contributed by atoms with Gasteiger partial charge in [0.15, 0.2) is 0 Å². The fourth-order valence-electron chi connectivity index (χ4n) is 2.74. The molecule has 134 valence electrons. The summed E-state index contributed by atoms with van der Waals surface area (Å²) in [4.78, 5) is 14.2. The number of nitrogens with two attached hydrogens (primary N) is 1. The molecule has 1 aromatic heterocycles. The van der Waals surface area contributed by atoms with Crippen molar-refractivity contribution in [3.05, 3.63) is 47.6 Å². The Morgan fingerprint density at radius 3 is 2.68 bits per heavy atom. The third-order valence-corrected chi connectivity index (χ3v) is 4.21. The number of rotatable bonds is 4. The van der Waals surface area contributed by atoms with Gasteiger partial charge in [0.05, 0.1) is 5.54 Å². The van der Waals surface area contributed by atoms with Crippen LogP contribution in [0.1, 0.15) is 42.9 Å². The number of likely N-dealkylation sites (tertiary alicyclic amines) is 1. The molecule has 25 heavy (non-hydrogen) atoms. The van der Waals surface area contributed by atoms with Crippen molar-refractivity contribution in [1.82, 2.24) is 10.1 Å². The van der Waals surface area contributed by atoms with E-state index >= 15 is 0 Å². The molecule has 0 saturated carbocycles. The largest absolute Gasteiger partial charge is 0.490 e. The smallest absolute Gasteiger partial charge is 0.292 e. The standard InChI is InChI=1S/C18H22FN3O3/c1-18(2,20)16-11-15(25-21-16)17(23)22-8-6-13(7-9-22)24-14-5-3-4-12(19)10-14/h3-5,10-11,13H,6-9,20H2,1-2H3. The van der Waals surface area contributed by atoms with E-state index in [0.29, 0.717) is 37.4 Å². The van der Waals surface area contributed by atoms with E-state index in [1.54, 1.807) is 36.9 Å². The lowest BCUT2D eigenvalue weighted by atomic mass is 10.0. The maximum Gasteiger partial charge on any atom is 0.292 e. The summed E-state index contributed by atoms with van der Waals surface area (Å²) in [5.74, 6) is 0.175. The van der Waals surface area contributed by atoms with Crippen LogP contribution in [0.25, 0.3) is 0 Å². The van der Waals surface area contributed by atoms with E-state index in [2.05, 4.69) is 5.16 Å². The minimum Gasteiger partial charge on any atom is -0.490 e. The second-order valence-electron chi connectivity index (χ2n) is 6.86. The highest BCUT2D eigenvalue weighted by Gasteiger charge is 2.28. The lowest BCUT2D eigenvalue weighted by Crippen LogP contribution is -2.41. The second-order valence-corrected chi connectivity index (χ2v) is 6.86. The number of aromatic nitrogens is 1. The number of halogens is 1. The summed E-state index contributed by atoms with van der Waals surface area (Å²) < 4.78 is 24.1. The molecule has 2 N–H and O–H groups in total. The third kappa shape index (κ3) is 4.17. The summed E-state index contributed by atoms with van der Waals surface area (Å²) in [5.41, 5.74) is 5.84. The highest BCUT2D eigenvalue weighted by molar-refractivity contribution is 5.91. The van der Waals surface area contributed by atoms with Crippen molar-refractivity contribution >= 4 is 5.91 Å². The van der Waals surface area contributed by atoms with Gasteiger partial charge < -0.3 is 19.9 Å². The van der Waals surface area contributed by atoms with Gasteiger partial charge in [0.25, 0.3) is 5.91 Å². The van der Waals surface area contributed by atoms with Crippen LogP contribution in [0.3, 0.4) is 0 Å². The highest BCUT2D eigenvalue weighted by atomic mass is 19.1. The number of nitrogens with zero attached hydrogens (tertiary/aromatic N) is 2. The van der Waals surface area contributed by atoms with Crippen molar-refractivity contribution in [3.63, 3.8) is 0 Å². The van der Waals surface area contributed by atoms with Crippen LogP contribution in [0.2, 0.25) is 0 Å². The maximum absolute atomic E-state index is 13.2. The molecule has 0 spiro atoms. The molecule has 0 unspecified atom stereocenters. The van der Waals surface area contributed by atoms with Crippen LogP contribution in [0.15, 0.2) is 34.9 Å². The molecule has 2 aromatic rings. The van der Waals surface area contributed by atoms with Crippen LogP contribution in [0.5, 0.6) is 5.75 Å². The molecule has 1 aliphatic heterocycles. The number of carbonyl (C=O) groups excluding carboxylic acids is 1. The average molecular weight is 347 g/mol. The molecular formula is C18H22FN3O3. The molecule has 2 heterocycles. The lowest BCUT2D eigenvalue weighted by molar-refractivity contribution is 0.0557. The molecule has 1 saturated heterocycles. The van der Waals surface area contributed by atoms with E-state index in [-0.39, 0.29) is 23.6 Å². The van der Waals surface area contributed by atoms with Crippen molar-refractivity contribution in [2.45, 2.75) is 38.3 Å². The minimum atomic E-state index is -0.659. The van der Waals surface area contributed by atoms with Crippen LogP contribution in [0.4, 0.5) is 4.39 Å². The van der Waals surface area contributed by atoms with E-state index in [4.69, 9.17) is 15.0 Å². The van der Waals surface area contributed by atoms with Crippen LogP contribution in [0, 0.1) is 5.82 Å². The average Bonchev–Trinajstić information content (AvgIpc) is 3.05. The number of carbonyl (C=O) groups is 1. The molecule has 0 aliphatic carbocycles. The SMILES string of the molecule is CC(C)(N)c1cc(C(=O)N2CCC(Oc3cccc(F)c3)CC2)on1. The van der Waals surface area contributed by atoms with E-state index in [1.165, 1.54) is 12.1 Å². The maximum atomic E-state index is 13.2. The summed E-state index contributed by atoms with van der Waals surface area (Å²) in [7, 11) is 0. The summed E-state index contributed by atoms with van der Waals surface area (Å²) in [6.45, 7) is 4.68. The van der Waals surface area contributed by atoms with Gasteiger partial charge in [0, 0.05) is 38.1 Å². The zero-order valence-electron chi connectivity index (χ0n) is 14.4. The van der Waals surface area contributed by atoms with Crippen LogP contribution >= 0.6 is 0 Å². The Bertz CT molecular complexity index is 746. The summed E-state index contributed by atoms with van der Waals surface area (Å²) in [6, 6.07) is 7.68. The zero-order valence-corrected chi connectivity index (χ0v) is 14.4. The Morgan fingerprint density at radius 1 is 1.36 bits per heavy atom. The highest BCUT2D eigenvalue weighted by Crippen LogP contribution is 2.22. The van der Waals surface area contributed by atoms with Crippen molar-refractivity contribution in [2.24, 2.45) is 5.73 Å². The molecule has 1 aliphatic rings. The normalized spacial score (nSPS) is 16.1. The van der Waals surface area contributed by atoms with Gasteiger partial charge in [-0.25, -0.2) is 4.39 Å². The van der Waals surface area contributed by atoms with Gasteiger partial charge >= 0.3 is 0 Å². The van der Waals surface area contributed by atoms with Crippen molar-refractivity contribution in [2.75, 3.05) is 13.1 Å². The van der Waals surface area contributed by atoms with Gasteiger partial charge in [-0.3, -0.25) is 4.79 Å². The molecular weight excluding hydrogens is 325 g/mol. The first-order chi connectivity index (χ1) is 11.8. The van der Waals surface area contributed by atoms with Gasteiger partial charge in [-0.1, -0.05) is 11.2 Å². The molecule has 1 amide bonds. The Hall–Kier alpha value is -2.41. The fourth-order valence-corrected chi connectivity index (χ4v) is 2.74. The van der Waals surface area contributed by atoms with Crippen LogP contribution in [-0.2, 0) is 5.54 Å². The quantitative estimate of drug-likeness (QED) is 0.919. The predicted molar refractivity (Wildman–Crippen MR) is 89.7 cm³/mol. The topological polar surface area (TPSA) is 81.6 Å². The minimum absolute atomic E-state index is 0.0425. The number of hydrogen-bond acceptors (Lipinski definition) is 5. The summed E-state index contributed by atoms with van der Waals surface area (Å²) in [6.07, 6.45) is 1.30. The number of hydrogen-bond donors (Lipinski definition) is 1. The first kappa shape index (κ1) is 17.4. The Labute approximate surface area is 145 Å². The molecule has 0 bridgehead atoms. The van der Waals surface area contributed by atoms with Crippen LogP contribution < -0.4 is 10.5 Å². The van der Waals surface area contributed by atoms with Gasteiger partial charge in [-0.15, -0.1) is 0 Å². The third-order valence-electron chi connectivity index (χ3n) is 4.21. The molecule has 0 atom stereocenters. The van der Waals surface area contributed by atoms with Gasteiger partial charge in [-0.2, -0.15) is 0 Å². The first-order valence-electron chi connectivity index (χ1n) is 8.30. The molecule has 3 rings (SSSR count). The van der Waals surface area contributed by atoms with Gasteiger partial charge in [0.1, 0.15) is 23.4 Å². The van der Waals surface area contributed by atoms with Gasteiger partial charge in [-0.05, 0) is 26.0 Å². The summed E-state index contributed by atoms with van der Waals surface area (Å²) in [5, 5.41) is 3.87. The number of amides is 1. The Balaban J connectivity index is 1.56. The molecule has 1 aromatic carbocycles. The van der Waals surface area contributed by atoms with E-state index in [9.17, 15) is 9.18 Å². The zero-order chi connectivity index (χ0) is 18.0. The number of benzene rings is 1. The molecule has 1 fully saturated rings. The van der Waals surface area contributed by atoms with Gasteiger partial charge in [0.2, 0.25) is 5.76 Å². The Morgan fingerprint density at radius 2 is 2.08 bits per heavy atom. The lowest BCUT2D eigenvalue weighted by Gasteiger charge is -2.31. The molecule has 6 nitrogen and oxygen atoms in total. The van der Waals surface area contributed by atoms with Crippen molar-refractivity contribution in [1.29, 1.82) is 0 Å².